The molecule has 7 heterocycles. The van der Waals surface area contributed by atoms with Gasteiger partial charge in [-0.2, -0.15) is 5.26 Å². The second-order valence-electron chi connectivity index (χ2n) is 20.2. The number of benzene rings is 1. The molecule has 0 bridgehead atoms. The number of likely N-dealkylation sites (tertiary alicyclic amines) is 1. The molecule has 19 heteroatoms. The molecule has 5 saturated heterocycles. The Morgan fingerprint density at radius 1 is 1.04 bits per heavy atom. The van der Waals surface area contributed by atoms with Crippen LogP contribution in [0.5, 0.6) is 5.75 Å². The summed E-state index contributed by atoms with van der Waals surface area (Å²) in [6, 6.07) is 7.13. The van der Waals surface area contributed by atoms with Gasteiger partial charge in [0.05, 0.1) is 49.4 Å². The van der Waals surface area contributed by atoms with Gasteiger partial charge in [-0.1, -0.05) is 20.8 Å². The molecule has 0 radical (unpaired) electrons. The molecule has 2 aromatic rings. The number of nitrogens with zero attached hydrogens (tertiary/aromatic N) is 5. The molecule has 1 aromatic carbocycles. The first-order valence-corrected chi connectivity index (χ1v) is 23.6. The van der Waals surface area contributed by atoms with E-state index in [1.807, 2.05) is 0 Å². The van der Waals surface area contributed by atoms with Crippen LogP contribution in [0, 0.1) is 28.6 Å². The first kappa shape index (κ1) is 44.2. The van der Waals surface area contributed by atoms with E-state index in [4.69, 9.17) is 28.4 Å². The Morgan fingerprint density at radius 3 is 2.63 bits per heavy atom. The summed E-state index contributed by atoms with van der Waals surface area (Å²) < 4.78 is 65.8. The van der Waals surface area contributed by atoms with Crippen LogP contribution in [0.1, 0.15) is 76.1 Å². The van der Waals surface area contributed by atoms with Crippen LogP contribution in [-0.4, -0.2) is 162 Å². The highest BCUT2D eigenvalue weighted by Gasteiger charge is 3.01. The summed E-state index contributed by atoms with van der Waals surface area (Å²) in [4.78, 5) is 74.7. The van der Waals surface area contributed by atoms with Gasteiger partial charge in [0.25, 0.3) is 11.8 Å². The summed E-state index contributed by atoms with van der Waals surface area (Å²) >= 11 is 0. The maximum atomic E-state index is 13.9. The number of carbonyl (C=O) groups is 5. The lowest BCUT2D eigenvalue weighted by Crippen LogP contribution is -2.70. The first-order chi connectivity index (χ1) is 32.1. The predicted octanol–water partition coefficient (Wildman–Crippen LogP) is 3.09. The number of epoxide rings is 3. The van der Waals surface area contributed by atoms with Crippen LogP contribution in [0.3, 0.4) is 0 Å². The Hall–Kier alpha value is -5.29. The van der Waals surface area contributed by atoms with Crippen LogP contribution in [0.4, 0.5) is 8.78 Å². The number of halogens is 2. The van der Waals surface area contributed by atoms with Gasteiger partial charge in [-0.15, -0.1) is 0 Å². The number of esters is 2. The number of hydrogen-bond acceptors (Lipinski definition) is 14. The molecule has 67 heavy (non-hydrogen) atoms. The third-order valence-corrected chi connectivity index (χ3v) is 16.6. The number of alkyl halides is 2. The molecular formula is C48H54F2N6O11. The molecule has 6 aliphatic heterocycles. The van der Waals surface area contributed by atoms with Gasteiger partial charge in [0.2, 0.25) is 11.8 Å². The molecule has 9 aliphatic rings. The first-order valence-electron chi connectivity index (χ1n) is 23.6. The minimum absolute atomic E-state index is 0.0236. The van der Waals surface area contributed by atoms with E-state index < -0.39 is 72.2 Å². The second kappa shape index (κ2) is 15.6. The Balaban J connectivity index is 0.643. The number of cyclic esters (lactones) is 1. The summed E-state index contributed by atoms with van der Waals surface area (Å²) in [5.74, 6) is -4.71. The highest BCUT2D eigenvalue weighted by atomic mass is 19.3. The fourth-order valence-corrected chi connectivity index (χ4v) is 13.1. The molecule has 7 fully saturated rings. The highest BCUT2D eigenvalue weighted by molar-refractivity contribution is 6.07. The van der Waals surface area contributed by atoms with Gasteiger partial charge in [0, 0.05) is 68.1 Å². The lowest BCUT2D eigenvalue weighted by Gasteiger charge is -2.53. The van der Waals surface area contributed by atoms with Crippen molar-refractivity contribution in [2.75, 3.05) is 59.0 Å². The van der Waals surface area contributed by atoms with Crippen LogP contribution in [0.25, 0.3) is 10.9 Å². The topological polar surface area (TPSA) is 209 Å². The van der Waals surface area contributed by atoms with Crippen molar-refractivity contribution in [1.82, 2.24) is 25.0 Å². The molecule has 10 atom stereocenters. The summed E-state index contributed by atoms with van der Waals surface area (Å²) in [5.41, 5.74) is -0.0409. The summed E-state index contributed by atoms with van der Waals surface area (Å²) in [6.07, 6.45) is 2.08. The van der Waals surface area contributed by atoms with E-state index in [9.17, 15) is 38.0 Å². The number of rotatable bonds is 13. The SMILES string of the molecule is CC(C)[C@]12O[C@H]1[C@@H]1O[C@]13[C@]1(O[C@H]1CC1C4=C(CC[C@@]13C)C(=O)OC4)[C@@H]2OC(=O)CCC(=O)N1CCN(CCCOc2ccc3nccc(C(=O)NCC(=O)N4CC(F)(F)C[C@H]4C#N)c3c2)CC1. The highest BCUT2D eigenvalue weighted by Crippen LogP contribution is 2.83. The zero-order valence-electron chi connectivity index (χ0n) is 37.7. The zero-order chi connectivity index (χ0) is 46.8. The van der Waals surface area contributed by atoms with Crippen molar-refractivity contribution in [2.45, 2.75) is 119 Å². The molecule has 1 N–H and O–H groups in total. The summed E-state index contributed by atoms with van der Waals surface area (Å²) in [5, 5.41) is 12.2. The minimum Gasteiger partial charge on any atom is -0.494 e. The number of nitriles is 1. The van der Waals surface area contributed by atoms with E-state index >= 15 is 0 Å². The fraction of sp³-hybridized carbons (Fsp3) is 0.646. The number of aromatic nitrogens is 1. The van der Waals surface area contributed by atoms with Crippen molar-refractivity contribution in [3.8, 4) is 11.8 Å². The molecule has 356 valence electrons. The quantitative estimate of drug-likeness (QED) is 0.174. The van der Waals surface area contributed by atoms with Crippen LogP contribution in [0.2, 0.25) is 0 Å². The molecular weight excluding hydrogens is 875 g/mol. The van der Waals surface area contributed by atoms with Gasteiger partial charge < -0.3 is 43.5 Å². The Bertz CT molecular complexity index is 2540. The summed E-state index contributed by atoms with van der Waals surface area (Å²) in [7, 11) is 0. The van der Waals surface area contributed by atoms with Gasteiger partial charge >= 0.3 is 11.9 Å². The van der Waals surface area contributed by atoms with E-state index in [1.165, 1.54) is 12.3 Å². The predicted molar refractivity (Wildman–Crippen MR) is 228 cm³/mol. The van der Waals surface area contributed by atoms with Gasteiger partial charge in [-0.25, -0.2) is 13.6 Å². The Morgan fingerprint density at radius 2 is 1.85 bits per heavy atom. The van der Waals surface area contributed by atoms with Crippen LogP contribution >= 0.6 is 0 Å². The third-order valence-electron chi connectivity index (χ3n) is 16.6. The normalized spacial score (nSPS) is 36.1. The fourth-order valence-electron chi connectivity index (χ4n) is 13.1. The number of carbonyl (C=O) groups excluding carboxylic acids is 5. The van der Waals surface area contributed by atoms with E-state index in [1.54, 1.807) is 29.2 Å². The number of ether oxygens (including phenoxy) is 6. The number of piperazine rings is 1. The second-order valence-corrected chi connectivity index (χ2v) is 20.2. The smallest absolute Gasteiger partial charge is 0.334 e. The van der Waals surface area contributed by atoms with Crippen LogP contribution in [-0.2, 0) is 42.9 Å². The standard InChI is InChI=1S/C48H54F2N6O11/c1-26(2)46-39(66-46)40-48(67-40)44(3)11-9-30-32(24-63-42(30)61)33(44)20-35-47(48,65-35)43(46)64-38(59)8-7-36(57)55-16-14-54(15-17-55)13-4-18-62-28-5-6-34-31(19-28)29(10-12-52-34)41(60)53-23-37(58)56-25-45(49,50)21-27(56)22-51/h5-6,10,12,19,26-27,33,35,39-40,43H,4,7-9,11,13-18,20-21,23-25H2,1-3H3,(H,53,60)/t27-,33?,35-,39-,40-,43+,44-,46-,47+,48+/m0/s1. The third kappa shape index (κ3) is 6.70. The van der Waals surface area contributed by atoms with E-state index in [0.717, 1.165) is 29.0 Å². The average Bonchev–Trinajstić information content (AvgIpc) is 4.26. The maximum Gasteiger partial charge on any atom is 0.334 e. The van der Waals surface area contributed by atoms with Gasteiger partial charge in [-0.05, 0) is 67.4 Å². The van der Waals surface area contributed by atoms with E-state index in [2.05, 4.69) is 36.0 Å². The minimum atomic E-state index is -3.16. The molecule has 1 aromatic heterocycles. The number of nitrogens with one attached hydrogen (secondary N) is 1. The van der Waals surface area contributed by atoms with Crippen molar-refractivity contribution in [1.29, 1.82) is 5.26 Å². The van der Waals surface area contributed by atoms with Crippen LogP contribution in [0.15, 0.2) is 41.6 Å². The molecule has 3 aliphatic carbocycles. The van der Waals surface area contributed by atoms with Gasteiger partial charge in [0.1, 0.15) is 41.8 Å². The number of pyridine rings is 1. The Labute approximate surface area is 385 Å². The van der Waals surface area contributed by atoms with E-state index in [0.29, 0.717) is 75.3 Å². The van der Waals surface area contributed by atoms with E-state index in [-0.39, 0.29) is 65.8 Å². The molecule has 2 saturated carbocycles. The molecule has 17 nitrogen and oxygen atoms in total. The van der Waals surface area contributed by atoms with Crippen molar-refractivity contribution in [2.24, 2.45) is 17.3 Å². The molecule has 2 spiro atoms. The average molecular weight is 929 g/mol. The van der Waals surface area contributed by atoms with Gasteiger partial charge in [0.15, 0.2) is 11.7 Å². The molecule has 1 unspecified atom stereocenters. The van der Waals surface area contributed by atoms with Crippen molar-refractivity contribution in [3.63, 3.8) is 0 Å². The molecule has 3 amide bonds. The largest absolute Gasteiger partial charge is 0.494 e. The number of amides is 3. The number of fused-ring (bicyclic) bond motifs is 5. The molecule has 11 rings (SSSR count). The van der Waals surface area contributed by atoms with Crippen molar-refractivity contribution in [3.05, 3.63) is 47.2 Å². The van der Waals surface area contributed by atoms with Crippen LogP contribution < -0.4 is 10.1 Å². The monoisotopic (exact) mass is 928 g/mol. The zero-order valence-corrected chi connectivity index (χ0v) is 37.7. The van der Waals surface area contributed by atoms with Crippen molar-refractivity contribution < 1.29 is 61.2 Å². The Kier molecular flexibility index (Phi) is 10.3. The lowest BCUT2D eigenvalue weighted by atomic mass is 9.46. The summed E-state index contributed by atoms with van der Waals surface area (Å²) in [6.45, 7) is 8.76. The number of hydrogen-bond donors (Lipinski definition) is 1. The van der Waals surface area contributed by atoms with Crippen molar-refractivity contribution >= 4 is 40.6 Å². The maximum absolute atomic E-state index is 13.9. The lowest BCUT2D eigenvalue weighted by molar-refractivity contribution is -0.170. The van der Waals surface area contributed by atoms with Gasteiger partial charge in [-0.3, -0.25) is 29.1 Å².